The summed E-state index contributed by atoms with van der Waals surface area (Å²) < 4.78 is 0. The van der Waals surface area contributed by atoms with Crippen molar-refractivity contribution in [3.63, 3.8) is 0 Å². The molecule has 1 saturated heterocycles. The van der Waals surface area contributed by atoms with Gasteiger partial charge in [-0.05, 0) is 50.8 Å². The number of nitrogens with one attached hydrogen (secondary N) is 3. The molecule has 3 unspecified atom stereocenters. The predicted molar refractivity (Wildman–Crippen MR) is 119 cm³/mol. The summed E-state index contributed by atoms with van der Waals surface area (Å²) in [5.41, 5.74) is 3.99. The molecule has 4 nitrogen and oxygen atoms in total. The second-order valence-electron chi connectivity index (χ2n) is 8.55. The van der Waals surface area contributed by atoms with Gasteiger partial charge in [-0.15, -0.1) is 0 Å². The lowest BCUT2D eigenvalue weighted by Crippen LogP contribution is -2.48. The van der Waals surface area contributed by atoms with Crippen LogP contribution in [0.15, 0.2) is 54.4 Å². The van der Waals surface area contributed by atoms with E-state index >= 15 is 0 Å². The monoisotopic (exact) mass is 378 g/mol. The van der Waals surface area contributed by atoms with Crippen LogP contribution in [0, 0.1) is 0 Å². The summed E-state index contributed by atoms with van der Waals surface area (Å²) in [6.45, 7) is 7.71. The number of allylic oxidation sites excluding steroid dienone is 2. The molecule has 0 saturated carbocycles. The highest BCUT2D eigenvalue weighted by Gasteiger charge is 2.21. The normalized spacial score (nSPS) is 25.1. The molecule has 150 valence electrons. The Hall–Kier alpha value is -2.04. The molecule has 0 amide bonds. The highest BCUT2D eigenvalue weighted by molar-refractivity contribution is 5.83. The lowest BCUT2D eigenvalue weighted by molar-refractivity contribution is 0.220. The van der Waals surface area contributed by atoms with Crippen LogP contribution in [0.25, 0.3) is 10.9 Å². The fraction of sp³-hybridized carbons (Fsp3) is 0.500. The first-order valence-corrected chi connectivity index (χ1v) is 10.8. The molecule has 2 aliphatic rings. The van der Waals surface area contributed by atoms with Crippen LogP contribution in [-0.2, 0) is 6.42 Å². The second kappa shape index (κ2) is 8.97. The summed E-state index contributed by atoms with van der Waals surface area (Å²) >= 11 is 0. The topological polar surface area (TPSA) is 43.1 Å². The molecule has 1 fully saturated rings. The maximum absolute atomic E-state index is 3.81. The van der Waals surface area contributed by atoms with Crippen molar-refractivity contribution in [3.8, 4) is 0 Å². The summed E-state index contributed by atoms with van der Waals surface area (Å²) in [4.78, 5) is 6.05. The maximum Gasteiger partial charge on any atom is 0.0456 e. The fourth-order valence-electron chi connectivity index (χ4n) is 4.61. The van der Waals surface area contributed by atoms with Crippen molar-refractivity contribution in [3.05, 3.63) is 60.0 Å². The maximum atomic E-state index is 3.81. The molecule has 4 heteroatoms. The molecule has 4 rings (SSSR count). The van der Waals surface area contributed by atoms with Crippen LogP contribution in [0.1, 0.15) is 38.7 Å². The minimum atomic E-state index is 0.420. The molecule has 2 aromatic rings. The van der Waals surface area contributed by atoms with Gasteiger partial charge in [-0.1, -0.05) is 36.8 Å². The number of H-pyrrole nitrogens is 1. The molecule has 1 aromatic carbocycles. The average molecular weight is 379 g/mol. The molecule has 0 bridgehead atoms. The number of benzene rings is 1. The summed E-state index contributed by atoms with van der Waals surface area (Å²) in [5.74, 6) is 0. The molecule has 0 spiro atoms. The molecular weight excluding hydrogens is 344 g/mol. The van der Waals surface area contributed by atoms with Crippen molar-refractivity contribution in [2.75, 3.05) is 19.6 Å². The van der Waals surface area contributed by atoms with Gasteiger partial charge in [0, 0.05) is 60.6 Å². The highest BCUT2D eigenvalue weighted by Crippen LogP contribution is 2.19. The molecule has 28 heavy (non-hydrogen) atoms. The van der Waals surface area contributed by atoms with Crippen LogP contribution < -0.4 is 10.6 Å². The number of dihydropyridines is 1. The standard InChI is InChI=1S/C24H34N4/c1-18-7-5-9-21(26-18)16-28(17-22-10-6-8-19(2)27-22)14-13-20-15-25-24-12-4-3-11-23(20)24/h3-5,7,9,11-12,15,18-19,22,25-27H,6,8,10,13-14,16-17H2,1-2H3. The van der Waals surface area contributed by atoms with Gasteiger partial charge in [0.25, 0.3) is 0 Å². The number of hydrogen-bond acceptors (Lipinski definition) is 3. The number of aromatic amines is 1. The lowest BCUT2D eigenvalue weighted by atomic mass is 9.99. The number of rotatable bonds is 7. The third kappa shape index (κ3) is 4.86. The average Bonchev–Trinajstić information content (AvgIpc) is 3.09. The highest BCUT2D eigenvalue weighted by atomic mass is 15.2. The Morgan fingerprint density at radius 3 is 2.89 bits per heavy atom. The summed E-state index contributed by atoms with van der Waals surface area (Å²) in [5, 5.41) is 8.80. The molecular formula is C24H34N4. The molecule has 3 heterocycles. The number of hydrogen-bond donors (Lipinski definition) is 3. The predicted octanol–water partition coefficient (Wildman–Crippen LogP) is 3.97. The Morgan fingerprint density at radius 1 is 1.14 bits per heavy atom. The van der Waals surface area contributed by atoms with Crippen LogP contribution in [0.4, 0.5) is 0 Å². The van der Waals surface area contributed by atoms with E-state index in [1.807, 2.05) is 0 Å². The van der Waals surface area contributed by atoms with Crippen LogP contribution in [0.5, 0.6) is 0 Å². The van der Waals surface area contributed by atoms with Gasteiger partial charge in [0.1, 0.15) is 0 Å². The number of para-hydroxylation sites is 1. The third-order valence-electron chi connectivity index (χ3n) is 6.07. The van der Waals surface area contributed by atoms with E-state index in [4.69, 9.17) is 0 Å². The molecule has 0 radical (unpaired) electrons. The van der Waals surface area contributed by atoms with E-state index in [9.17, 15) is 0 Å². The zero-order valence-corrected chi connectivity index (χ0v) is 17.2. The first-order valence-electron chi connectivity index (χ1n) is 10.8. The van der Waals surface area contributed by atoms with Crippen molar-refractivity contribution in [1.29, 1.82) is 0 Å². The fourth-order valence-corrected chi connectivity index (χ4v) is 4.61. The van der Waals surface area contributed by atoms with Gasteiger partial charge in [-0.25, -0.2) is 0 Å². The number of fused-ring (bicyclic) bond motifs is 1. The summed E-state index contributed by atoms with van der Waals surface area (Å²) in [7, 11) is 0. The second-order valence-corrected chi connectivity index (χ2v) is 8.55. The van der Waals surface area contributed by atoms with Crippen molar-refractivity contribution in [1.82, 2.24) is 20.5 Å². The van der Waals surface area contributed by atoms with Gasteiger partial charge in [0.15, 0.2) is 0 Å². The Morgan fingerprint density at radius 2 is 2.04 bits per heavy atom. The Kier molecular flexibility index (Phi) is 6.18. The smallest absolute Gasteiger partial charge is 0.0456 e. The van der Waals surface area contributed by atoms with E-state index in [1.165, 1.54) is 41.4 Å². The Labute approximate surface area is 169 Å². The van der Waals surface area contributed by atoms with Crippen LogP contribution in [-0.4, -0.2) is 47.6 Å². The minimum Gasteiger partial charge on any atom is -0.381 e. The molecule has 1 aromatic heterocycles. The molecule has 3 atom stereocenters. The van der Waals surface area contributed by atoms with E-state index in [-0.39, 0.29) is 0 Å². The van der Waals surface area contributed by atoms with Gasteiger partial charge in [0.05, 0.1) is 0 Å². The van der Waals surface area contributed by atoms with E-state index in [0.717, 1.165) is 26.1 Å². The quantitative estimate of drug-likeness (QED) is 0.683. The van der Waals surface area contributed by atoms with Gasteiger partial charge in [0.2, 0.25) is 0 Å². The SMILES string of the molecule is CC1C=CC=C(CN(CCc2c[nH]c3ccccc23)CC2CCCC(C)N2)N1. The zero-order chi connectivity index (χ0) is 19.3. The van der Waals surface area contributed by atoms with E-state index in [0.29, 0.717) is 18.1 Å². The van der Waals surface area contributed by atoms with Gasteiger partial charge >= 0.3 is 0 Å². The molecule has 3 N–H and O–H groups in total. The number of nitrogens with zero attached hydrogens (tertiary/aromatic N) is 1. The first-order chi connectivity index (χ1) is 13.7. The Balaban J connectivity index is 1.44. The number of piperidine rings is 1. The summed E-state index contributed by atoms with van der Waals surface area (Å²) in [6.07, 6.45) is 13.8. The lowest BCUT2D eigenvalue weighted by Gasteiger charge is -2.34. The third-order valence-corrected chi connectivity index (χ3v) is 6.07. The first kappa shape index (κ1) is 19.3. The summed E-state index contributed by atoms with van der Waals surface area (Å²) in [6, 6.07) is 10.3. The van der Waals surface area contributed by atoms with Crippen molar-refractivity contribution >= 4 is 10.9 Å². The van der Waals surface area contributed by atoms with Crippen LogP contribution >= 0.6 is 0 Å². The van der Waals surface area contributed by atoms with Crippen LogP contribution in [0.3, 0.4) is 0 Å². The van der Waals surface area contributed by atoms with E-state index < -0.39 is 0 Å². The van der Waals surface area contributed by atoms with Crippen molar-refractivity contribution < 1.29 is 0 Å². The Bertz CT molecular complexity index is 834. The van der Waals surface area contributed by atoms with Gasteiger partial charge in [-0.3, -0.25) is 4.90 Å². The van der Waals surface area contributed by atoms with E-state index in [2.05, 4.69) is 83.1 Å². The largest absolute Gasteiger partial charge is 0.381 e. The zero-order valence-electron chi connectivity index (χ0n) is 17.2. The minimum absolute atomic E-state index is 0.420. The van der Waals surface area contributed by atoms with Crippen molar-refractivity contribution in [2.24, 2.45) is 0 Å². The van der Waals surface area contributed by atoms with Gasteiger partial charge in [-0.2, -0.15) is 0 Å². The number of aromatic nitrogens is 1. The molecule has 0 aliphatic carbocycles. The molecule has 2 aliphatic heterocycles. The van der Waals surface area contributed by atoms with Crippen molar-refractivity contribution in [2.45, 2.75) is 57.7 Å². The van der Waals surface area contributed by atoms with E-state index in [1.54, 1.807) is 0 Å². The van der Waals surface area contributed by atoms with Crippen LogP contribution in [0.2, 0.25) is 0 Å². The van der Waals surface area contributed by atoms with Gasteiger partial charge < -0.3 is 15.6 Å².